The van der Waals surface area contributed by atoms with Crippen LogP contribution in [0.2, 0.25) is 5.02 Å². The number of halogens is 2. The highest BCUT2D eigenvalue weighted by Gasteiger charge is 2.21. The molecule has 1 aromatic carbocycles. The quantitative estimate of drug-likeness (QED) is 0.149. The minimum Gasteiger partial charge on any atom is -1.00 e. The van der Waals surface area contributed by atoms with E-state index in [0.717, 1.165) is 25.0 Å². The molecule has 1 heterocycles. The monoisotopic (exact) mass is 642 g/mol. The van der Waals surface area contributed by atoms with Crippen LogP contribution in [0.4, 0.5) is 0 Å². The normalized spacial score (nSPS) is 10.6. The van der Waals surface area contributed by atoms with E-state index in [-0.39, 0.29) is 35.8 Å². The number of benzene rings is 1. The number of hydrogen-bond acceptors (Lipinski definition) is 3. The molecule has 0 aliphatic rings. The lowest BCUT2D eigenvalue weighted by Crippen LogP contribution is -3.00. The highest BCUT2D eigenvalue weighted by molar-refractivity contribution is 6.32. The van der Waals surface area contributed by atoms with Gasteiger partial charge in [0.05, 0.1) is 11.6 Å². The van der Waals surface area contributed by atoms with Crippen LogP contribution in [0.3, 0.4) is 0 Å². The van der Waals surface area contributed by atoms with E-state index in [2.05, 4.69) is 6.92 Å². The van der Waals surface area contributed by atoms with E-state index >= 15 is 0 Å². The molecule has 0 radical (unpaired) electrons. The molecule has 0 atom stereocenters. The molecular weight excluding hydrogens is 599 g/mol. The molecule has 2 rings (SSSR count). The molecule has 0 aliphatic heterocycles. The van der Waals surface area contributed by atoms with Gasteiger partial charge in [0.2, 0.25) is 5.91 Å². The minimum absolute atomic E-state index is 0. The van der Waals surface area contributed by atoms with Gasteiger partial charge in [0.1, 0.15) is 12.8 Å². The van der Waals surface area contributed by atoms with Gasteiger partial charge in [0, 0.05) is 37.6 Å². The first kappa shape index (κ1) is 33.4. The van der Waals surface area contributed by atoms with Gasteiger partial charge in [0.25, 0.3) is 5.91 Å². The topological polar surface area (TPSA) is 50.5 Å². The zero-order valence-electron chi connectivity index (χ0n) is 22.8. The average molecular weight is 643 g/mol. The summed E-state index contributed by atoms with van der Waals surface area (Å²) in [5, 5.41) is 0.396. The van der Waals surface area contributed by atoms with Gasteiger partial charge < -0.3 is 28.7 Å². The Kier molecular flexibility index (Phi) is 17.5. The molecule has 0 fully saturated rings. The second-order valence-corrected chi connectivity index (χ2v) is 9.97. The van der Waals surface area contributed by atoms with E-state index in [1.807, 2.05) is 36.0 Å². The highest BCUT2D eigenvalue weighted by atomic mass is 127. The van der Waals surface area contributed by atoms with Gasteiger partial charge in [-0.05, 0) is 31.0 Å². The third-order valence-electron chi connectivity index (χ3n) is 6.54. The molecule has 0 spiro atoms. The summed E-state index contributed by atoms with van der Waals surface area (Å²) in [7, 11) is 1.99. The smallest absolute Gasteiger partial charge is 0.260 e. The fourth-order valence-electron chi connectivity index (χ4n) is 4.32. The zero-order chi connectivity index (χ0) is 26.2. The van der Waals surface area contributed by atoms with E-state index in [1.165, 1.54) is 63.2 Å². The molecule has 0 unspecified atom stereocenters. The molecule has 1 aromatic heterocycles. The van der Waals surface area contributed by atoms with Crippen LogP contribution < -0.4 is 33.3 Å². The average Bonchev–Trinajstić information content (AvgIpc) is 2.86. The summed E-state index contributed by atoms with van der Waals surface area (Å²) in [5.74, 6) is -0.0204. The Morgan fingerprint density at radius 3 is 2.16 bits per heavy atom. The van der Waals surface area contributed by atoms with Gasteiger partial charge in [0.15, 0.2) is 11.9 Å². The number of imide groups is 1. The lowest BCUT2D eigenvalue weighted by atomic mass is 10.1. The predicted molar refractivity (Wildman–Crippen MR) is 146 cm³/mol. The first-order valence-electron chi connectivity index (χ1n) is 13.6. The number of carbonyl (C=O) groups is 2. The van der Waals surface area contributed by atoms with E-state index in [4.69, 9.17) is 16.3 Å². The van der Waals surface area contributed by atoms with Crippen LogP contribution in [0.15, 0.2) is 42.6 Å². The largest absolute Gasteiger partial charge is 1.00 e. The Hall–Kier alpha value is -1.67. The van der Waals surface area contributed by atoms with Crippen molar-refractivity contribution >= 4 is 23.4 Å². The van der Waals surface area contributed by atoms with Crippen molar-refractivity contribution in [3.8, 4) is 5.75 Å². The van der Waals surface area contributed by atoms with Crippen molar-refractivity contribution in [1.29, 1.82) is 0 Å². The summed E-state index contributed by atoms with van der Waals surface area (Å²) in [6, 6.07) is 11.0. The Morgan fingerprint density at radius 2 is 1.57 bits per heavy atom. The van der Waals surface area contributed by atoms with Crippen molar-refractivity contribution in [3.63, 3.8) is 0 Å². The third kappa shape index (κ3) is 12.6. The standard InChI is InChI=1S/C30H44ClN2O3.HI/c1-4-5-6-7-8-9-10-11-12-15-23-36-29-20-19-26(24-28(29)31)30(35)33(25(2)34)22-16-18-27-17-13-14-21-32(27)3;/h13-14,17,19-21,24H,4-12,15-16,18,22-23H2,1-3H3;1H/q+1;/p-1. The van der Waals surface area contributed by atoms with Crippen LogP contribution in [0, 0.1) is 0 Å². The van der Waals surface area contributed by atoms with Gasteiger partial charge >= 0.3 is 0 Å². The van der Waals surface area contributed by atoms with E-state index in [1.54, 1.807) is 18.2 Å². The fraction of sp³-hybridized carbons (Fsp3) is 0.567. The van der Waals surface area contributed by atoms with Gasteiger partial charge in [-0.25, -0.2) is 4.57 Å². The maximum absolute atomic E-state index is 13.0. The molecule has 206 valence electrons. The Morgan fingerprint density at radius 1 is 0.919 bits per heavy atom. The third-order valence-corrected chi connectivity index (χ3v) is 6.83. The van der Waals surface area contributed by atoms with Gasteiger partial charge in [-0.15, -0.1) is 0 Å². The summed E-state index contributed by atoms with van der Waals surface area (Å²) in [4.78, 5) is 26.5. The van der Waals surface area contributed by atoms with E-state index in [0.29, 0.717) is 35.9 Å². The number of ether oxygens (including phenoxy) is 1. The number of aryl methyl sites for hydroxylation is 2. The second-order valence-electron chi connectivity index (χ2n) is 9.56. The molecule has 37 heavy (non-hydrogen) atoms. The summed E-state index contributed by atoms with van der Waals surface area (Å²) in [6.07, 6.45) is 16.2. The van der Waals surface area contributed by atoms with Crippen molar-refractivity contribution in [3.05, 3.63) is 58.9 Å². The van der Waals surface area contributed by atoms with Gasteiger partial charge in [-0.3, -0.25) is 14.5 Å². The Bertz CT molecular complexity index is 954. The molecule has 0 saturated carbocycles. The number of unbranched alkanes of at least 4 members (excludes halogenated alkanes) is 9. The first-order chi connectivity index (χ1) is 17.4. The number of carbonyl (C=O) groups excluding carboxylic acids is 2. The lowest BCUT2D eigenvalue weighted by Gasteiger charge is -2.19. The molecule has 2 amide bonds. The first-order valence-corrected chi connectivity index (χ1v) is 14.0. The number of nitrogens with zero attached hydrogens (tertiary/aromatic N) is 2. The molecular formula is C30H44ClIN2O3. The van der Waals surface area contributed by atoms with Crippen molar-refractivity contribution < 1.29 is 42.9 Å². The molecule has 0 aliphatic carbocycles. The molecule has 7 heteroatoms. The van der Waals surface area contributed by atoms with Crippen LogP contribution in [0.1, 0.15) is 101 Å². The van der Waals surface area contributed by atoms with Crippen LogP contribution in [-0.2, 0) is 18.3 Å². The summed E-state index contributed by atoms with van der Waals surface area (Å²) >= 11 is 6.41. The fourth-order valence-corrected chi connectivity index (χ4v) is 4.55. The maximum Gasteiger partial charge on any atom is 0.260 e. The van der Waals surface area contributed by atoms with Crippen LogP contribution in [0.5, 0.6) is 5.75 Å². The van der Waals surface area contributed by atoms with Crippen molar-refractivity contribution in [2.24, 2.45) is 7.05 Å². The number of aromatic nitrogens is 1. The number of rotatable bonds is 17. The Balaban J connectivity index is 0.00000684. The van der Waals surface area contributed by atoms with Gasteiger partial charge in [-0.2, -0.15) is 0 Å². The molecule has 2 aromatic rings. The van der Waals surface area contributed by atoms with Crippen molar-refractivity contribution in [1.82, 2.24) is 4.90 Å². The summed E-state index contributed by atoms with van der Waals surface area (Å²) in [5.41, 5.74) is 1.55. The van der Waals surface area contributed by atoms with Crippen molar-refractivity contribution in [2.45, 2.75) is 90.9 Å². The minimum atomic E-state index is -0.330. The SMILES string of the molecule is CCCCCCCCCCCCOc1ccc(C(=O)N(CCCc2cccc[n+]2C)C(C)=O)cc1Cl.[I-]. The van der Waals surface area contributed by atoms with E-state index < -0.39 is 0 Å². The lowest BCUT2D eigenvalue weighted by molar-refractivity contribution is -0.679. The van der Waals surface area contributed by atoms with Crippen LogP contribution in [-0.4, -0.2) is 29.9 Å². The predicted octanol–water partition coefficient (Wildman–Crippen LogP) is 4.09. The number of pyridine rings is 1. The molecule has 0 N–H and O–H groups in total. The second kappa shape index (κ2) is 19.4. The Labute approximate surface area is 245 Å². The molecule has 0 bridgehead atoms. The van der Waals surface area contributed by atoms with Crippen LogP contribution >= 0.6 is 11.6 Å². The highest BCUT2D eigenvalue weighted by Crippen LogP contribution is 2.26. The number of amides is 2. The van der Waals surface area contributed by atoms with Gasteiger partial charge in [-0.1, -0.05) is 82.4 Å². The number of hydrogen-bond donors (Lipinski definition) is 0. The zero-order valence-corrected chi connectivity index (χ0v) is 25.7. The van der Waals surface area contributed by atoms with Crippen molar-refractivity contribution in [2.75, 3.05) is 13.2 Å². The summed E-state index contributed by atoms with van der Waals surface area (Å²) < 4.78 is 7.90. The summed E-state index contributed by atoms with van der Waals surface area (Å²) in [6.45, 7) is 4.64. The molecule has 0 saturated heterocycles. The van der Waals surface area contributed by atoms with Crippen LogP contribution in [0.25, 0.3) is 0 Å². The maximum atomic E-state index is 13.0. The molecule has 5 nitrogen and oxygen atoms in total. The van der Waals surface area contributed by atoms with E-state index in [9.17, 15) is 9.59 Å².